The fourth-order valence-corrected chi connectivity index (χ4v) is 2.33. The molecule has 1 aromatic rings. The lowest BCUT2D eigenvalue weighted by molar-refractivity contribution is 0.0816. The molecule has 5 heteroatoms. The summed E-state index contributed by atoms with van der Waals surface area (Å²) in [5.41, 5.74) is 0. The van der Waals surface area contributed by atoms with Gasteiger partial charge in [0, 0.05) is 11.5 Å². The van der Waals surface area contributed by atoms with Crippen LogP contribution in [0.25, 0.3) is 0 Å². The average Bonchev–Trinajstić information content (AvgIpc) is 2.50. The molecule has 0 aromatic carbocycles. The second-order valence-electron chi connectivity index (χ2n) is 2.42. The summed E-state index contributed by atoms with van der Waals surface area (Å²) in [6.07, 6.45) is 0. The van der Waals surface area contributed by atoms with E-state index in [1.54, 1.807) is 7.05 Å². The highest BCUT2D eigenvalue weighted by molar-refractivity contribution is 9.10. The number of rotatable bonds is 2. The van der Waals surface area contributed by atoms with Crippen LogP contribution in [0.15, 0.2) is 15.9 Å². The van der Waals surface area contributed by atoms with Gasteiger partial charge in [0.1, 0.15) is 11.4 Å². The van der Waals surface area contributed by atoms with Gasteiger partial charge in [-0.25, -0.2) is 0 Å². The first-order valence-electron chi connectivity index (χ1n) is 3.52. The third kappa shape index (κ3) is 2.29. The van der Waals surface area contributed by atoms with E-state index in [2.05, 4.69) is 15.9 Å². The zero-order valence-corrected chi connectivity index (χ0v) is 9.35. The van der Waals surface area contributed by atoms with Crippen molar-refractivity contribution in [3.63, 3.8) is 0 Å². The zero-order chi connectivity index (χ0) is 9.84. The Kier molecular flexibility index (Phi) is 3.46. The second-order valence-corrected chi connectivity index (χ2v) is 4.19. The number of carbonyl (C=O) groups is 1. The van der Waals surface area contributed by atoms with Gasteiger partial charge in [0.05, 0.1) is 6.07 Å². The molecule has 0 aliphatic carbocycles. The first-order valence-corrected chi connectivity index (χ1v) is 5.19. The molecule has 1 aromatic heterocycles. The van der Waals surface area contributed by atoms with E-state index >= 15 is 0 Å². The number of thiophene rings is 1. The summed E-state index contributed by atoms with van der Waals surface area (Å²) in [6.45, 7) is 0.114. The van der Waals surface area contributed by atoms with Crippen molar-refractivity contribution < 1.29 is 4.79 Å². The van der Waals surface area contributed by atoms with E-state index in [-0.39, 0.29) is 12.5 Å². The van der Waals surface area contributed by atoms with E-state index in [4.69, 9.17) is 5.26 Å². The lowest BCUT2D eigenvalue weighted by Gasteiger charge is -2.11. The predicted octanol–water partition coefficient (Wildman–Crippen LogP) is 2.11. The number of halogens is 1. The van der Waals surface area contributed by atoms with E-state index in [1.807, 2.05) is 17.5 Å². The molecule has 0 fully saturated rings. The predicted molar refractivity (Wildman–Crippen MR) is 54.6 cm³/mol. The van der Waals surface area contributed by atoms with Crippen molar-refractivity contribution in [2.45, 2.75) is 0 Å². The average molecular weight is 259 g/mol. The van der Waals surface area contributed by atoms with Crippen LogP contribution in [0.3, 0.4) is 0 Å². The summed E-state index contributed by atoms with van der Waals surface area (Å²) < 4.78 is 0.785. The van der Waals surface area contributed by atoms with Gasteiger partial charge in [-0.1, -0.05) is 0 Å². The first-order chi connectivity index (χ1) is 6.16. The highest BCUT2D eigenvalue weighted by atomic mass is 79.9. The van der Waals surface area contributed by atoms with Crippen LogP contribution in [0, 0.1) is 11.3 Å². The third-order valence-electron chi connectivity index (χ3n) is 1.47. The third-order valence-corrected chi connectivity index (χ3v) is 3.29. The highest BCUT2D eigenvalue weighted by Gasteiger charge is 2.15. The SMILES string of the molecule is CN(CC#N)C(=O)c1sccc1Br. The molecule has 1 rings (SSSR count). The summed E-state index contributed by atoms with van der Waals surface area (Å²) in [7, 11) is 1.61. The quantitative estimate of drug-likeness (QED) is 0.763. The van der Waals surface area contributed by atoms with Crippen LogP contribution in [0.4, 0.5) is 0 Å². The van der Waals surface area contributed by atoms with Gasteiger partial charge in [0.25, 0.3) is 5.91 Å². The van der Waals surface area contributed by atoms with E-state index in [1.165, 1.54) is 16.2 Å². The number of nitrogens with zero attached hydrogens (tertiary/aromatic N) is 2. The molecule has 0 bridgehead atoms. The van der Waals surface area contributed by atoms with Crippen molar-refractivity contribution in [3.05, 3.63) is 20.8 Å². The van der Waals surface area contributed by atoms with E-state index in [9.17, 15) is 4.79 Å². The van der Waals surface area contributed by atoms with E-state index in [0.29, 0.717) is 4.88 Å². The number of hydrogen-bond donors (Lipinski definition) is 0. The summed E-state index contributed by atoms with van der Waals surface area (Å²) in [4.78, 5) is 13.6. The Morgan fingerprint density at radius 1 is 1.85 bits per heavy atom. The van der Waals surface area contributed by atoms with Crippen LogP contribution in [-0.4, -0.2) is 24.4 Å². The molecule has 0 spiro atoms. The van der Waals surface area contributed by atoms with Crippen molar-refractivity contribution >= 4 is 33.2 Å². The normalized spacial score (nSPS) is 9.31. The Morgan fingerprint density at radius 3 is 3.00 bits per heavy atom. The van der Waals surface area contributed by atoms with Crippen LogP contribution < -0.4 is 0 Å². The number of carbonyl (C=O) groups excluding carboxylic acids is 1. The molecule has 0 radical (unpaired) electrons. The Balaban J connectivity index is 2.81. The van der Waals surface area contributed by atoms with Crippen molar-refractivity contribution in [1.29, 1.82) is 5.26 Å². The maximum atomic E-state index is 11.6. The molecule has 0 aliphatic heterocycles. The van der Waals surface area contributed by atoms with E-state index in [0.717, 1.165) is 4.47 Å². The number of hydrogen-bond acceptors (Lipinski definition) is 3. The molecule has 68 valence electrons. The molecule has 1 heterocycles. The van der Waals surface area contributed by atoms with Gasteiger partial charge < -0.3 is 4.90 Å². The van der Waals surface area contributed by atoms with Gasteiger partial charge in [0.2, 0.25) is 0 Å². The van der Waals surface area contributed by atoms with Crippen LogP contribution in [0.5, 0.6) is 0 Å². The fraction of sp³-hybridized carbons (Fsp3) is 0.250. The van der Waals surface area contributed by atoms with E-state index < -0.39 is 0 Å². The Hall–Kier alpha value is -0.860. The Bertz CT molecular complexity index is 355. The molecule has 3 nitrogen and oxygen atoms in total. The lowest BCUT2D eigenvalue weighted by Crippen LogP contribution is -2.26. The van der Waals surface area contributed by atoms with Crippen LogP contribution >= 0.6 is 27.3 Å². The molecule has 0 saturated carbocycles. The van der Waals surface area contributed by atoms with Gasteiger partial charge in [0.15, 0.2) is 0 Å². The first kappa shape index (κ1) is 10.2. The monoisotopic (exact) mass is 258 g/mol. The topological polar surface area (TPSA) is 44.1 Å². The fourth-order valence-electron chi connectivity index (χ4n) is 0.798. The molecule has 1 amide bonds. The lowest BCUT2D eigenvalue weighted by atomic mass is 10.4. The van der Waals surface area contributed by atoms with Gasteiger partial charge >= 0.3 is 0 Å². The van der Waals surface area contributed by atoms with Crippen LogP contribution in [0.1, 0.15) is 9.67 Å². The van der Waals surface area contributed by atoms with Gasteiger partial charge in [-0.2, -0.15) is 5.26 Å². The van der Waals surface area contributed by atoms with Crippen LogP contribution in [0.2, 0.25) is 0 Å². The summed E-state index contributed by atoms with van der Waals surface area (Å²) in [5, 5.41) is 10.2. The van der Waals surface area contributed by atoms with Crippen molar-refractivity contribution in [1.82, 2.24) is 4.90 Å². The van der Waals surface area contributed by atoms with Gasteiger partial charge in [-0.05, 0) is 27.4 Å². The number of nitriles is 1. The minimum absolute atomic E-state index is 0.114. The molecular formula is C8H7BrN2OS. The minimum atomic E-state index is -0.122. The smallest absolute Gasteiger partial charge is 0.265 e. The molecular weight excluding hydrogens is 252 g/mol. The minimum Gasteiger partial charge on any atom is -0.328 e. The molecule has 0 atom stereocenters. The molecule has 0 aliphatic rings. The summed E-state index contributed by atoms with van der Waals surface area (Å²) in [6, 6.07) is 3.74. The van der Waals surface area contributed by atoms with Crippen molar-refractivity contribution in [2.24, 2.45) is 0 Å². The zero-order valence-electron chi connectivity index (χ0n) is 6.95. The van der Waals surface area contributed by atoms with Gasteiger partial charge in [-0.15, -0.1) is 11.3 Å². The molecule has 0 unspecified atom stereocenters. The maximum Gasteiger partial charge on any atom is 0.265 e. The molecule has 13 heavy (non-hydrogen) atoms. The maximum absolute atomic E-state index is 11.6. The molecule has 0 N–H and O–H groups in total. The molecule has 0 saturated heterocycles. The van der Waals surface area contributed by atoms with Gasteiger partial charge in [-0.3, -0.25) is 4.79 Å². The number of amides is 1. The highest BCUT2D eigenvalue weighted by Crippen LogP contribution is 2.23. The van der Waals surface area contributed by atoms with Crippen molar-refractivity contribution in [2.75, 3.05) is 13.6 Å². The summed E-state index contributed by atoms with van der Waals surface area (Å²) >= 11 is 4.63. The van der Waals surface area contributed by atoms with Crippen molar-refractivity contribution in [3.8, 4) is 6.07 Å². The standard InChI is InChI=1S/C8H7BrN2OS/c1-11(4-3-10)8(12)7-6(9)2-5-13-7/h2,5H,4H2,1H3. The Labute approximate surface area is 88.7 Å². The van der Waals surface area contributed by atoms with Crippen LogP contribution in [-0.2, 0) is 0 Å². The second kappa shape index (κ2) is 4.40. The summed E-state index contributed by atoms with van der Waals surface area (Å²) in [5.74, 6) is -0.122. The largest absolute Gasteiger partial charge is 0.328 e. The Morgan fingerprint density at radius 2 is 2.54 bits per heavy atom.